The second-order valence-corrected chi connectivity index (χ2v) is 7.40. The molecule has 1 aliphatic carbocycles. The number of ether oxygens (including phenoxy) is 2. The Kier molecular flexibility index (Phi) is 3.43. The third-order valence-corrected chi connectivity index (χ3v) is 5.76. The Labute approximate surface area is 153 Å². The average Bonchev–Trinajstić information content (AvgIpc) is 3.13. The van der Waals surface area contributed by atoms with Gasteiger partial charge in [0, 0.05) is 18.6 Å². The number of rotatable bonds is 4. The van der Waals surface area contributed by atoms with Gasteiger partial charge in [-0.2, -0.15) is 0 Å². The molecule has 1 fully saturated rings. The summed E-state index contributed by atoms with van der Waals surface area (Å²) >= 11 is 1.46. The van der Waals surface area contributed by atoms with Gasteiger partial charge in [0.05, 0.1) is 10.3 Å². The Morgan fingerprint density at radius 2 is 1.92 bits per heavy atom. The number of anilines is 1. The number of pyridine rings is 1. The summed E-state index contributed by atoms with van der Waals surface area (Å²) in [5, 5.41) is 3.59. The molecule has 1 amide bonds. The molecule has 130 valence electrons. The van der Waals surface area contributed by atoms with Crippen molar-refractivity contribution in [3.05, 3.63) is 54.5 Å². The van der Waals surface area contributed by atoms with Crippen LogP contribution in [0.5, 0.6) is 11.5 Å². The monoisotopic (exact) mass is 365 g/mol. The lowest BCUT2D eigenvalue weighted by Crippen LogP contribution is -2.27. The van der Waals surface area contributed by atoms with Gasteiger partial charge in [0.1, 0.15) is 0 Å². The van der Waals surface area contributed by atoms with Crippen LogP contribution in [0.25, 0.3) is 10.4 Å². The fraction of sp³-hybridized carbons (Fsp3) is 0.211. The lowest BCUT2D eigenvalue weighted by molar-refractivity contribution is -0.118. The first-order valence-electron chi connectivity index (χ1n) is 8.32. The lowest BCUT2D eigenvalue weighted by atomic mass is 9.94. The average molecular weight is 365 g/mol. The van der Waals surface area contributed by atoms with Gasteiger partial charge in [0.15, 0.2) is 16.6 Å². The highest BCUT2D eigenvalue weighted by Crippen LogP contribution is 2.51. The van der Waals surface area contributed by atoms with Crippen molar-refractivity contribution in [2.75, 3.05) is 12.1 Å². The largest absolute Gasteiger partial charge is 0.454 e. The first-order valence-corrected chi connectivity index (χ1v) is 9.14. The standard InChI is InChI=1S/C19H15N3O3S/c23-17(22-18-21-10-16(26-18)12-3-7-20-8-4-12)19(5-6-19)13-1-2-14-15(9-13)25-11-24-14/h1-4,7-10H,5-6,11H2,(H,21,22,23). The van der Waals surface area contributed by atoms with Crippen molar-refractivity contribution in [2.45, 2.75) is 18.3 Å². The molecular weight excluding hydrogens is 350 g/mol. The molecule has 6 nitrogen and oxygen atoms in total. The summed E-state index contributed by atoms with van der Waals surface area (Å²) in [7, 11) is 0. The van der Waals surface area contributed by atoms with Gasteiger partial charge in [-0.15, -0.1) is 0 Å². The molecule has 1 aromatic carbocycles. The van der Waals surface area contributed by atoms with E-state index in [0.29, 0.717) is 10.9 Å². The zero-order chi connectivity index (χ0) is 17.6. The van der Waals surface area contributed by atoms with Crippen LogP contribution < -0.4 is 14.8 Å². The van der Waals surface area contributed by atoms with Gasteiger partial charge < -0.3 is 14.8 Å². The predicted octanol–water partition coefficient (Wildman–Crippen LogP) is 3.60. The first kappa shape index (κ1) is 15.3. The third-order valence-electron chi connectivity index (χ3n) is 4.80. The molecule has 3 aromatic rings. The molecule has 2 aliphatic rings. The van der Waals surface area contributed by atoms with E-state index in [4.69, 9.17) is 9.47 Å². The fourth-order valence-corrected chi connectivity index (χ4v) is 3.98. The summed E-state index contributed by atoms with van der Waals surface area (Å²) in [4.78, 5) is 22.3. The molecule has 0 saturated heterocycles. The maximum absolute atomic E-state index is 12.9. The number of carbonyl (C=O) groups is 1. The number of thiazole rings is 1. The zero-order valence-electron chi connectivity index (χ0n) is 13.8. The molecular formula is C19H15N3O3S. The molecule has 26 heavy (non-hydrogen) atoms. The predicted molar refractivity (Wildman–Crippen MR) is 97.5 cm³/mol. The number of amides is 1. The van der Waals surface area contributed by atoms with Crippen LogP contribution in [0, 0.1) is 0 Å². The Morgan fingerprint density at radius 3 is 2.73 bits per heavy atom. The molecule has 0 bridgehead atoms. The van der Waals surface area contributed by atoms with Crippen molar-refractivity contribution in [3.63, 3.8) is 0 Å². The molecule has 1 N–H and O–H groups in total. The number of hydrogen-bond donors (Lipinski definition) is 1. The van der Waals surface area contributed by atoms with E-state index in [1.807, 2.05) is 30.3 Å². The van der Waals surface area contributed by atoms with Crippen LogP contribution in [0.4, 0.5) is 5.13 Å². The van der Waals surface area contributed by atoms with Crippen LogP contribution in [0.15, 0.2) is 48.9 Å². The number of carbonyl (C=O) groups excluding carboxylic acids is 1. The summed E-state index contributed by atoms with van der Waals surface area (Å²) < 4.78 is 10.8. The molecule has 1 aliphatic heterocycles. The van der Waals surface area contributed by atoms with Gasteiger partial charge in [0.25, 0.3) is 0 Å². The fourth-order valence-electron chi connectivity index (χ4n) is 3.16. The number of hydrogen-bond acceptors (Lipinski definition) is 6. The first-order chi connectivity index (χ1) is 12.7. The van der Waals surface area contributed by atoms with E-state index >= 15 is 0 Å². The molecule has 0 atom stereocenters. The molecule has 1 saturated carbocycles. The highest BCUT2D eigenvalue weighted by Gasteiger charge is 2.52. The summed E-state index contributed by atoms with van der Waals surface area (Å²) in [6.07, 6.45) is 6.90. The molecule has 3 heterocycles. The van der Waals surface area contributed by atoms with Crippen LogP contribution in [0.1, 0.15) is 18.4 Å². The molecule has 7 heteroatoms. The topological polar surface area (TPSA) is 73.3 Å². The van der Waals surface area contributed by atoms with Crippen LogP contribution in [-0.2, 0) is 10.2 Å². The molecule has 0 spiro atoms. The van der Waals surface area contributed by atoms with Crippen molar-refractivity contribution in [2.24, 2.45) is 0 Å². The maximum Gasteiger partial charge on any atom is 0.236 e. The minimum absolute atomic E-state index is 0.0213. The minimum atomic E-state index is -0.497. The van der Waals surface area contributed by atoms with Gasteiger partial charge in [-0.25, -0.2) is 4.98 Å². The van der Waals surface area contributed by atoms with Crippen molar-refractivity contribution in [1.29, 1.82) is 0 Å². The lowest BCUT2D eigenvalue weighted by Gasteiger charge is -2.15. The molecule has 0 radical (unpaired) electrons. The summed E-state index contributed by atoms with van der Waals surface area (Å²) in [5.41, 5.74) is 1.50. The molecule has 0 unspecified atom stereocenters. The minimum Gasteiger partial charge on any atom is -0.454 e. The SMILES string of the molecule is O=C(Nc1ncc(-c2ccncc2)s1)C1(c2ccc3c(c2)OCO3)CC1. The van der Waals surface area contributed by atoms with E-state index in [0.717, 1.165) is 34.6 Å². The Balaban J connectivity index is 1.36. The second kappa shape index (κ2) is 5.81. The highest BCUT2D eigenvalue weighted by atomic mass is 32.1. The number of aromatic nitrogens is 2. The Hall–Kier alpha value is -2.93. The second-order valence-electron chi connectivity index (χ2n) is 6.37. The Bertz CT molecular complexity index is 983. The Morgan fingerprint density at radius 1 is 1.12 bits per heavy atom. The summed E-state index contributed by atoms with van der Waals surface area (Å²) in [6.45, 7) is 0.231. The van der Waals surface area contributed by atoms with Crippen molar-refractivity contribution in [3.8, 4) is 21.9 Å². The van der Waals surface area contributed by atoms with E-state index < -0.39 is 5.41 Å². The van der Waals surface area contributed by atoms with Crippen molar-refractivity contribution < 1.29 is 14.3 Å². The van der Waals surface area contributed by atoms with Crippen molar-refractivity contribution in [1.82, 2.24) is 9.97 Å². The molecule has 2 aromatic heterocycles. The van der Waals surface area contributed by atoms with Gasteiger partial charge in [0.2, 0.25) is 12.7 Å². The third kappa shape index (κ3) is 2.52. The number of nitrogens with one attached hydrogen (secondary N) is 1. The number of benzene rings is 1. The van der Waals surface area contributed by atoms with E-state index in [9.17, 15) is 4.79 Å². The van der Waals surface area contributed by atoms with Gasteiger partial charge in [-0.05, 0) is 48.2 Å². The maximum atomic E-state index is 12.9. The van der Waals surface area contributed by atoms with Crippen LogP contribution in [-0.4, -0.2) is 22.7 Å². The summed E-state index contributed by atoms with van der Waals surface area (Å²) in [5.74, 6) is 1.41. The van der Waals surface area contributed by atoms with Crippen LogP contribution in [0.3, 0.4) is 0 Å². The zero-order valence-corrected chi connectivity index (χ0v) is 14.6. The van der Waals surface area contributed by atoms with Crippen molar-refractivity contribution >= 4 is 22.4 Å². The van der Waals surface area contributed by atoms with E-state index in [-0.39, 0.29) is 12.7 Å². The van der Waals surface area contributed by atoms with Gasteiger partial charge in [-0.1, -0.05) is 17.4 Å². The van der Waals surface area contributed by atoms with Gasteiger partial charge in [-0.3, -0.25) is 9.78 Å². The highest BCUT2D eigenvalue weighted by molar-refractivity contribution is 7.19. The van der Waals surface area contributed by atoms with E-state index in [1.54, 1.807) is 18.6 Å². The van der Waals surface area contributed by atoms with E-state index in [2.05, 4.69) is 15.3 Å². The smallest absolute Gasteiger partial charge is 0.236 e. The number of nitrogens with zero attached hydrogens (tertiary/aromatic N) is 2. The van der Waals surface area contributed by atoms with Gasteiger partial charge >= 0.3 is 0 Å². The normalized spacial score (nSPS) is 16.3. The van der Waals surface area contributed by atoms with E-state index in [1.165, 1.54) is 11.3 Å². The molecule has 5 rings (SSSR count). The number of fused-ring (bicyclic) bond motifs is 1. The van der Waals surface area contributed by atoms with Crippen LogP contribution >= 0.6 is 11.3 Å². The summed E-state index contributed by atoms with van der Waals surface area (Å²) in [6, 6.07) is 9.58. The quantitative estimate of drug-likeness (QED) is 0.765. The van der Waals surface area contributed by atoms with Crippen LogP contribution in [0.2, 0.25) is 0 Å².